The van der Waals surface area contributed by atoms with Crippen LogP contribution in [-0.2, 0) is 20.9 Å². The summed E-state index contributed by atoms with van der Waals surface area (Å²) in [5.74, 6) is -0.815. The molecule has 3 amide bonds. The van der Waals surface area contributed by atoms with E-state index in [1.165, 1.54) is 5.56 Å². The van der Waals surface area contributed by atoms with Crippen LogP contribution >= 0.6 is 11.3 Å². The highest BCUT2D eigenvalue weighted by Gasteiger charge is 2.23. The number of carbonyl (C=O) groups excluding carboxylic acids is 3. The van der Waals surface area contributed by atoms with E-state index in [4.69, 9.17) is 0 Å². The van der Waals surface area contributed by atoms with Crippen LogP contribution in [0.3, 0.4) is 0 Å². The predicted octanol–water partition coefficient (Wildman–Crippen LogP) is 3.23. The van der Waals surface area contributed by atoms with Gasteiger partial charge in [-0.15, -0.1) is 0 Å². The van der Waals surface area contributed by atoms with E-state index >= 15 is 0 Å². The first kappa shape index (κ1) is 22.5. The van der Waals surface area contributed by atoms with Crippen molar-refractivity contribution in [3.63, 3.8) is 0 Å². The Bertz CT molecular complexity index is 938. The maximum Gasteiger partial charge on any atom is 0.313 e. The van der Waals surface area contributed by atoms with Gasteiger partial charge >= 0.3 is 11.8 Å². The molecule has 8 heteroatoms. The summed E-state index contributed by atoms with van der Waals surface area (Å²) in [6, 6.07) is 9.28. The molecule has 32 heavy (non-hydrogen) atoms. The Hall–Kier alpha value is -2.71. The molecule has 2 saturated heterocycles. The molecule has 4 rings (SSSR count). The largest absolute Gasteiger partial charge is 0.348 e. The molecular formula is C24H30N4O3S. The molecule has 0 spiro atoms. The average Bonchev–Trinajstić information content (AvgIpc) is 3.32. The lowest BCUT2D eigenvalue weighted by Gasteiger charge is -2.31. The van der Waals surface area contributed by atoms with Crippen molar-refractivity contribution >= 4 is 40.4 Å². The molecule has 0 bridgehead atoms. The highest BCUT2D eigenvalue weighted by atomic mass is 32.1. The van der Waals surface area contributed by atoms with Gasteiger partial charge in [-0.2, -0.15) is 11.3 Å². The molecule has 0 unspecified atom stereocenters. The van der Waals surface area contributed by atoms with E-state index in [0.717, 1.165) is 51.0 Å². The molecule has 2 N–H and O–H groups in total. The number of rotatable bonds is 6. The number of benzene rings is 1. The lowest BCUT2D eigenvalue weighted by Crippen LogP contribution is -2.41. The van der Waals surface area contributed by atoms with Crippen LogP contribution in [0.25, 0.3) is 0 Å². The van der Waals surface area contributed by atoms with Crippen LogP contribution in [-0.4, -0.2) is 48.8 Å². The summed E-state index contributed by atoms with van der Waals surface area (Å²) in [4.78, 5) is 41.0. The van der Waals surface area contributed by atoms with Crippen molar-refractivity contribution in [1.29, 1.82) is 0 Å². The Morgan fingerprint density at radius 2 is 1.91 bits per heavy atom. The second-order valence-electron chi connectivity index (χ2n) is 8.57. The standard InChI is InChI=1S/C24H30N4O3S/c29-22-6-1-2-10-28(22)21-5-3-4-20(14-21)26-24(31)23(30)25-15-18-7-11-27(12-8-18)16-19-9-13-32-17-19/h3-5,9,13-14,17-18H,1-2,6-8,10-12,15-16H2,(H,25,30)(H,26,31). The highest BCUT2D eigenvalue weighted by molar-refractivity contribution is 7.07. The van der Waals surface area contributed by atoms with Crippen molar-refractivity contribution < 1.29 is 14.4 Å². The third kappa shape index (κ3) is 5.95. The van der Waals surface area contributed by atoms with Gasteiger partial charge in [0.25, 0.3) is 0 Å². The number of likely N-dealkylation sites (tertiary alicyclic amines) is 1. The van der Waals surface area contributed by atoms with Crippen LogP contribution in [0.2, 0.25) is 0 Å². The number of nitrogens with zero attached hydrogens (tertiary/aromatic N) is 2. The zero-order valence-corrected chi connectivity index (χ0v) is 19.0. The predicted molar refractivity (Wildman–Crippen MR) is 127 cm³/mol. The van der Waals surface area contributed by atoms with Crippen molar-refractivity contribution in [2.75, 3.05) is 36.4 Å². The van der Waals surface area contributed by atoms with Crippen LogP contribution in [0.15, 0.2) is 41.1 Å². The SMILES string of the molecule is O=C(NCC1CCN(Cc2ccsc2)CC1)C(=O)Nc1cccc(N2CCCCC2=O)c1. The fourth-order valence-electron chi connectivity index (χ4n) is 4.33. The molecular weight excluding hydrogens is 424 g/mol. The van der Waals surface area contributed by atoms with E-state index < -0.39 is 11.8 Å². The normalized spacial score (nSPS) is 17.9. The summed E-state index contributed by atoms with van der Waals surface area (Å²) in [5, 5.41) is 9.73. The average molecular weight is 455 g/mol. The van der Waals surface area contributed by atoms with Crippen LogP contribution < -0.4 is 15.5 Å². The molecule has 0 radical (unpaired) electrons. The van der Waals surface area contributed by atoms with Gasteiger partial charge in [0, 0.05) is 37.4 Å². The summed E-state index contributed by atoms with van der Waals surface area (Å²) < 4.78 is 0. The quantitative estimate of drug-likeness (QED) is 0.657. The third-order valence-electron chi connectivity index (χ3n) is 6.19. The van der Waals surface area contributed by atoms with Crippen LogP contribution in [0.1, 0.15) is 37.7 Å². The summed E-state index contributed by atoms with van der Waals surface area (Å²) in [5.41, 5.74) is 2.62. The molecule has 2 aromatic rings. The van der Waals surface area contributed by atoms with Gasteiger partial charge in [-0.3, -0.25) is 19.3 Å². The fourth-order valence-corrected chi connectivity index (χ4v) is 4.98. The first-order valence-corrected chi connectivity index (χ1v) is 12.3. The van der Waals surface area contributed by atoms with Gasteiger partial charge in [0.05, 0.1) is 0 Å². The van der Waals surface area contributed by atoms with Gasteiger partial charge in [-0.05, 0) is 85.3 Å². The summed E-state index contributed by atoms with van der Waals surface area (Å²) in [6.07, 6.45) is 4.46. The van der Waals surface area contributed by atoms with E-state index in [9.17, 15) is 14.4 Å². The highest BCUT2D eigenvalue weighted by Crippen LogP contribution is 2.24. The molecule has 2 aliphatic heterocycles. The summed E-state index contributed by atoms with van der Waals surface area (Å²) >= 11 is 1.72. The van der Waals surface area contributed by atoms with Crippen LogP contribution in [0.5, 0.6) is 0 Å². The molecule has 0 atom stereocenters. The topological polar surface area (TPSA) is 81.8 Å². The van der Waals surface area contributed by atoms with E-state index in [1.54, 1.807) is 34.4 Å². The Labute approximate surface area is 192 Å². The van der Waals surface area contributed by atoms with Crippen molar-refractivity contribution in [3.8, 4) is 0 Å². The van der Waals surface area contributed by atoms with E-state index in [1.807, 2.05) is 6.07 Å². The first-order chi connectivity index (χ1) is 15.6. The van der Waals surface area contributed by atoms with Gasteiger partial charge in [-0.25, -0.2) is 0 Å². The molecule has 0 saturated carbocycles. The summed E-state index contributed by atoms with van der Waals surface area (Å²) in [7, 11) is 0. The first-order valence-electron chi connectivity index (χ1n) is 11.3. The number of amides is 3. The number of carbonyl (C=O) groups is 3. The minimum absolute atomic E-state index is 0.0961. The van der Waals surface area contributed by atoms with Crippen molar-refractivity contribution in [2.24, 2.45) is 5.92 Å². The van der Waals surface area contributed by atoms with Gasteiger partial charge < -0.3 is 15.5 Å². The van der Waals surface area contributed by atoms with E-state index in [2.05, 4.69) is 32.4 Å². The lowest BCUT2D eigenvalue weighted by molar-refractivity contribution is -0.136. The molecule has 7 nitrogen and oxygen atoms in total. The molecule has 1 aromatic heterocycles. The molecule has 3 heterocycles. The number of piperidine rings is 2. The molecule has 0 aliphatic carbocycles. The van der Waals surface area contributed by atoms with E-state index in [-0.39, 0.29) is 5.91 Å². The molecule has 170 valence electrons. The van der Waals surface area contributed by atoms with Crippen molar-refractivity contribution in [1.82, 2.24) is 10.2 Å². The van der Waals surface area contributed by atoms with Crippen LogP contribution in [0.4, 0.5) is 11.4 Å². The number of hydrogen-bond donors (Lipinski definition) is 2. The molecule has 2 fully saturated rings. The second kappa shape index (κ2) is 10.7. The van der Waals surface area contributed by atoms with E-state index in [0.29, 0.717) is 31.1 Å². The Morgan fingerprint density at radius 1 is 1.06 bits per heavy atom. The van der Waals surface area contributed by atoms with Gasteiger partial charge in [0.15, 0.2) is 0 Å². The van der Waals surface area contributed by atoms with Crippen LogP contribution in [0, 0.1) is 5.92 Å². The van der Waals surface area contributed by atoms with Gasteiger partial charge in [0.1, 0.15) is 0 Å². The third-order valence-corrected chi connectivity index (χ3v) is 6.92. The summed E-state index contributed by atoms with van der Waals surface area (Å²) in [6.45, 7) is 4.19. The zero-order valence-electron chi connectivity index (χ0n) is 18.2. The molecule has 1 aromatic carbocycles. The second-order valence-corrected chi connectivity index (χ2v) is 9.35. The number of thiophene rings is 1. The minimum Gasteiger partial charge on any atom is -0.348 e. The number of hydrogen-bond acceptors (Lipinski definition) is 5. The number of anilines is 2. The minimum atomic E-state index is -0.679. The Kier molecular flexibility index (Phi) is 7.55. The van der Waals surface area contributed by atoms with Gasteiger partial charge in [-0.1, -0.05) is 6.07 Å². The lowest BCUT2D eigenvalue weighted by atomic mass is 9.96. The van der Waals surface area contributed by atoms with Crippen molar-refractivity contribution in [2.45, 2.75) is 38.6 Å². The zero-order chi connectivity index (χ0) is 22.3. The Balaban J connectivity index is 1.21. The maximum absolute atomic E-state index is 12.4. The fraction of sp³-hybridized carbons (Fsp3) is 0.458. The van der Waals surface area contributed by atoms with Gasteiger partial charge in [0.2, 0.25) is 5.91 Å². The smallest absolute Gasteiger partial charge is 0.313 e. The monoisotopic (exact) mass is 454 g/mol. The Morgan fingerprint density at radius 3 is 2.66 bits per heavy atom. The van der Waals surface area contributed by atoms with Crippen molar-refractivity contribution in [3.05, 3.63) is 46.7 Å². The maximum atomic E-state index is 12.4. The number of nitrogens with one attached hydrogen (secondary N) is 2. The molecule has 2 aliphatic rings.